The number of tetrazole rings is 1. The van der Waals surface area contributed by atoms with E-state index in [4.69, 9.17) is 4.74 Å². The molecule has 0 fully saturated rings. The van der Waals surface area contributed by atoms with Gasteiger partial charge in [-0.1, -0.05) is 18.2 Å². The fourth-order valence-corrected chi connectivity index (χ4v) is 2.22. The minimum atomic E-state index is -0.344. The molecule has 0 aliphatic carbocycles. The van der Waals surface area contributed by atoms with Gasteiger partial charge in [0.05, 0.1) is 5.69 Å². The lowest BCUT2D eigenvalue weighted by Crippen LogP contribution is -2.22. The van der Waals surface area contributed by atoms with Crippen LogP contribution in [0.15, 0.2) is 53.3 Å². The fraction of sp³-hybridized carbons (Fsp3) is 0.176. The molecule has 0 unspecified atom stereocenters. The normalized spacial score (nSPS) is 10.5. The maximum absolute atomic E-state index is 12.0. The summed E-state index contributed by atoms with van der Waals surface area (Å²) in [7, 11) is 1.52. The van der Waals surface area contributed by atoms with Gasteiger partial charge in [-0.25, -0.2) is 4.79 Å². The third kappa shape index (κ3) is 3.74. The summed E-state index contributed by atoms with van der Waals surface area (Å²) in [6, 6.07) is 14.2. The van der Waals surface area contributed by atoms with Gasteiger partial charge in [-0.2, -0.15) is 9.36 Å². The van der Waals surface area contributed by atoms with E-state index in [0.29, 0.717) is 17.1 Å². The number of nitrogens with one attached hydrogen (secondary N) is 1. The number of para-hydroxylation sites is 1. The van der Waals surface area contributed by atoms with E-state index < -0.39 is 0 Å². The van der Waals surface area contributed by atoms with Crippen LogP contribution in [-0.4, -0.2) is 32.3 Å². The summed E-state index contributed by atoms with van der Waals surface area (Å²) >= 11 is 0. The Morgan fingerprint density at radius 1 is 1.12 bits per heavy atom. The van der Waals surface area contributed by atoms with E-state index in [1.165, 1.54) is 11.7 Å². The van der Waals surface area contributed by atoms with Crippen LogP contribution in [0, 0.1) is 6.92 Å². The summed E-state index contributed by atoms with van der Waals surface area (Å²) in [6.07, 6.45) is 0. The van der Waals surface area contributed by atoms with E-state index in [1.54, 1.807) is 24.3 Å². The predicted octanol–water partition coefficient (Wildman–Crippen LogP) is 1.29. The number of rotatable bonds is 5. The third-order valence-electron chi connectivity index (χ3n) is 3.57. The van der Waals surface area contributed by atoms with Crippen LogP contribution in [0.3, 0.4) is 0 Å². The van der Waals surface area contributed by atoms with Gasteiger partial charge in [-0.05, 0) is 53.2 Å². The Balaban J connectivity index is 1.61. The van der Waals surface area contributed by atoms with Crippen molar-refractivity contribution in [2.24, 2.45) is 7.05 Å². The summed E-state index contributed by atoms with van der Waals surface area (Å²) in [6.45, 7) is 1.83. The Hall–Kier alpha value is -3.42. The van der Waals surface area contributed by atoms with Gasteiger partial charge in [-0.15, -0.1) is 0 Å². The fourth-order valence-electron chi connectivity index (χ4n) is 2.22. The topological polar surface area (TPSA) is 91.0 Å². The highest BCUT2D eigenvalue weighted by molar-refractivity contribution is 5.91. The zero-order chi connectivity index (χ0) is 17.8. The monoisotopic (exact) mass is 339 g/mol. The quantitative estimate of drug-likeness (QED) is 0.756. The standard InChI is InChI=1S/C17H17N5O3/c1-12-5-3-4-6-15(12)25-11-16(23)18-13-7-9-14(10-8-13)22-17(24)21(2)19-20-22/h3-10H,11H2,1-2H3,(H,18,23). The van der Waals surface area contributed by atoms with Gasteiger partial charge in [0.15, 0.2) is 6.61 Å². The van der Waals surface area contributed by atoms with Crippen molar-refractivity contribution in [1.82, 2.24) is 19.8 Å². The summed E-state index contributed by atoms with van der Waals surface area (Å²) in [5.74, 6) is 0.405. The second-order valence-corrected chi connectivity index (χ2v) is 5.45. The number of amides is 1. The molecule has 1 heterocycles. The number of aryl methyl sites for hydroxylation is 2. The maximum atomic E-state index is 12.0. The van der Waals surface area contributed by atoms with E-state index in [0.717, 1.165) is 10.2 Å². The Kier molecular flexibility index (Phi) is 4.60. The SMILES string of the molecule is Cc1ccccc1OCC(=O)Nc1ccc(-n2nnn(C)c2=O)cc1. The summed E-state index contributed by atoms with van der Waals surface area (Å²) in [4.78, 5) is 23.8. The lowest BCUT2D eigenvalue weighted by molar-refractivity contribution is -0.118. The highest BCUT2D eigenvalue weighted by atomic mass is 16.5. The molecule has 8 heteroatoms. The van der Waals surface area contributed by atoms with Crippen LogP contribution in [0.5, 0.6) is 5.75 Å². The van der Waals surface area contributed by atoms with E-state index in [-0.39, 0.29) is 18.2 Å². The van der Waals surface area contributed by atoms with Gasteiger partial charge < -0.3 is 10.1 Å². The van der Waals surface area contributed by atoms with Gasteiger partial charge in [0.1, 0.15) is 5.75 Å². The number of anilines is 1. The number of hydrogen-bond donors (Lipinski definition) is 1. The summed E-state index contributed by atoms with van der Waals surface area (Å²) < 4.78 is 7.81. The Morgan fingerprint density at radius 3 is 2.48 bits per heavy atom. The highest BCUT2D eigenvalue weighted by Crippen LogP contribution is 2.16. The first kappa shape index (κ1) is 16.4. The molecule has 128 valence electrons. The lowest BCUT2D eigenvalue weighted by Gasteiger charge is -2.09. The van der Waals surface area contributed by atoms with Crippen LogP contribution in [0.2, 0.25) is 0 Å². The summed E-state index contributed by atoms with van der Waals surface area (Å²) in [5.41, 5.74) is 1.78. The second kappa shape index (κ2) is 7.00. The van der Waals surface area contributed by atoms with Gasteiger partial charge in [0, 0.05) is 12.7 Å². The molecule has 8 nitrogen and oxygen atoms in total. The average molecular weight is 339 g/mol. The van der Waals surface area contributed by atoms with Crippen molar-refractivity contribution in [3.8, 4) is 11.4 Å². The maximum Gasteiger partial charge on any atom is 0.368 e. The number of nitrogens with zero attached hydrogens (tertiary/aromatic N) is 4. The number of hydrogen-bond acceptors (Lipinski definition) is 5. The van der Waals surface area contributed by atoms with Crippen molar-refractivity contribution >= 4 is 11.6 Å². The van der Waals surface area contributed by atoms with Crippen molar-refractivity contribution in [3.05, 3.63) is 64.6 Å². The molecule has 2 aromatic carbocycles. The van der Waals surface area contributed by atoms with Crippen molar-refractivity contribution < 1.29 is 9.53 Å². The van der Waals surface area contributed by atoms with Crippen LogP contribution in [0.1, 0.15) is 5.56 Å². The number of ether oxygens (including phenoxy) is 1. The zero-order valence-corrected chi connectivity index (χ0v) is 13.8. The van der Waals surface area contributed by atoms with Gasteiger partial charge in [0.25, 0.3) is 5.91 Å². The van der Waals surface area contributed by atoms with E-state index in [1.807, 2.05) is 31.2 Å². The molecule has 3 aromatic rings. The van der Waals surface area contributed by atoms with E-state index in [2.05, 4.69) is 15.7 Å². The molecule has 0 spiro atoms. The molecule has 0 saturated carbocycles. The Bertz CT molecular complexity index is 943. The molecular formula is C17H17N5O3. The molecule has 1 N–H and O–H groups in total. The first-order valence-electron chi connectivity index (χ1n) is 7.62. The minimum absolute atomic E-state index is 0.0871. The molecular weight excluding hydrogens is 322 g/mol. The Labute approximate surface area is 143 Å². The Morgan fingerprint density at radius 2 is 1.84 bits per heavy atom. The molecule has 3 rings (SSSR count). The molecule has 0 aliphatic rings. The zero-order valence-electron chi connectivity index (χ0n) is 13.8. The third-order valence-corrected chi connectivity index (χ3v) is 3.57. The molecule has 25 heavy (non-hydrogen) atoms. The molecule has 0 saturated heterocycles. The molecule has 0 bridgehead atoms. The smallest absolute Gasteiger partial charge is 0.368 e. The van der Waals surface area contributed by atoms with Crippen LogP contribution in [0.4, 0.5) is 5.69 Å². The largest absolute Gasteiger partial charge is 0.483 e. The van der Waals surface area contributed by atoms with Crippen molar-refractivity contribution in [2.45, 2.75) is 6.92 Å². The number of carbonyl (C=O) groups is 1. The number of aromatic nitrogens is 4. The minimum Gasteiger partial charge on any atom is -0.483 e. The summed E-state index contributed by atoms with van der Waals surface area (Å²) in [5, 5.41) is 10.1. The van der Waals surface area contributed by atoms with Crippen molar-refractivity contribution in [3.63, 3.8) is 0 Å². The molecule has 0 atom stereocenters. The van der Waals surface area contributed by atoms with Crippen LogP contribution < -0.4 is 15.7 Å². The molecule has 0 aliphatic heterocycles. The van der Waals surface area contributed by atoms with Crippen LogP contribution >= 0.6 is 0 Å². The molecule has 1 aromatic heterocycles. The highest BCUT2D eigenvalue weighted by Gasteiger charge is 2.08. The average Bonchev–Trinajstić information content (AvgIpc) is 2.94. The van der Waals surface area contributed by atoms with Crippen LogP contribution in [-0.2, 0) is 11.8 Å². The van der Waals surface area contributed by atoms with Crippen molar-refractivity contribution in [2.75, 3.05) is 11.9 Å². The van der Waals surface area contributed by atoms with Gasteiger partial charge >= 0.3 is 5.69 Å². The van der Waals surface area contributed by atoms with E-state index >= 15 is 0 Å². The first-order chi connectivity index (χ1) is 12.0. The number of benzene rings is 2. The van der Waals surface area contributed by atoms with Gasteiger partial charge in [-0.3, -0.25) is 4.79 Å². The number of carbonyl (C=O) groups excluding carboxylic acids is 1. The molecule has 1 amide bonds. The van der Waals surface area contributed by atoms with Crippen LogP contribution in [0.25, 0.3) is 5.69 Å². The lowest BCUT2D eigenvalue weighted by atomic mass is 10.2. The molecule has 0 radical (unpaired) electrons. The van der Waals surface area contributed by atoms with E-state index in [9.17, 15) is 9.59 Å². The van der Waals surface area contributed by atoms with Crippen molar-refractivity contribution in [1.29, 1.82) is 0 Å². The van der Waals surface area contributed by atoms with Gasteiger partial charge in [0.2, 0.25) is 0 Å². The first-order valence-corrected chi connectivity index (χ1v) is 7.62. The second-order valence-electron chi connectivity index (χ2n) is 5.45. The predicted molar refractivity (Wildman–Crippen MR) is 91.9 cm³/mol.